The zero-order valence-electron chi connectivity index (χ0n) is 17.3. The number of carbonyl (C=O) groups excluding carboxylic acids is 2. The second-order valence-corrected chi connectivity index (χ2v) is 9.15. The van der Waals surface area contributed by atoms with E-state index in [9.17, 15) is 18.0 Å². The standard InChI is InChI=1S/C24H23N3O4S/c28-23(25-21-14-6-5-13-20(21)24(29)27-16-8-9-17-27)19-12-4-7-15-22(19)26-32(30,31)18-10-2-1-3-11-18/h1-7,10-15,26H,8-9,16-17H2,(H,25,28). The highest BCUT2D eigenvalue weighted by Gasteiger charge is 2.23. The van der Waals surface area contributed by atoms with Crippen LogP contribution in [0.2, 0.25) is 0 Å². The van der Waals surface area contributed by atoms with Crippen molar-refractivity contribution in [2.45, 2.75) is 17.7 Å². The van der Waals surface area contributed by atoms with Crippen LogP contribution in [0.3, 0.4) is 0 Å². The van der Waals surface area contributed by atoms with Crippen LogP contribution in [0.5, 0.6) is 0 Å². The van der Waals surface area contributed by atoms with E-state index in [0.717, 1.165) is 12.8 Å². The molecule has 7 nitrogen and oxygen atoms in total. The van der Waals surface area contributed by atoms with Gasteiger partial charge < -0.3 is 10.2 Å². The SMILES string of the molecule is O=C(Nc1ccccc1C(=O)N1CCCC1)c1ccccc1NS(=O)(=O)c1ccccc1. The molecule has 3 aromatic carbocycles. The minimum Gasteiger partial charge on any atom is -0.339 e. The van der Waals surface area contributed by atoms with Gasteiger partial charge in [-0.1, -0.05) is 42.5 Å². The van der Waals surface area contributed by atoms with Crippen LogP contribution in [0.25, 0.3) is 0 Å². The van der Waals surface area contributed by atoms with Crippen molar-refractivity contribution < 1.29 is 18.0 Å². The first-order valence-electron chi connectivity index (χ1n) is 10.3. The molecular formula is C24H23N3O4S. The number of hydrogen-bond donors (Lipinski definition) is 2. The van der Waals surface area contributed by atoms with E-state index in [-0.39, 0.29) is 22.1 Å². The molecule has 164 valence electrons. The van der Waals surface area contributed by atoms with Crippen LogP contribution in [0.4, 0.5) is 11.4 Å². The Labute approximate surface area is 187 Å². The summed E-state index contributed by atoms with van der Waals surface area (Å²) in [6.07, 6.45) is 1.93. The molecule has 0 spiro atoms. The van der Waals surface area contributed by atoms with Crippen LogP contribution in [-0.2, 0) is 10.0 Å². The average Bonchev–Trinajstić information content (AvgIpc) is 3.35. The Hall–Kier alpha value is -3.65. The van der Waals surface area contributed by atoms with Gasteiger partial charge in [0, 0.05) is 13.1 Å². The lowest BCUT2D eigenvalue weighted by atomic mass is 10.1. The fourth-order valence-electron chi connectivity index (χ4n) is 3.63. The van der Waals surface area contributed by atoms with Gasteiger partial charge in [0.15, 0.2) is 0 Å². The Morgan fingerprint density at radius 2 is 1.28 bits per heavy atom. The number of benzene rings is 3. The molecule has 1 fully saturated rings. The number of hydrogen-bond acceptors (Lipinski definition) is 4. The van der Waals surface area contributed by atoms with Gasteiger partial charge in [-0.15, -0.1) is 0 Å². The number of sulfonamides is 1. The van der Waals surface area contributed by atoms with E-state index in [1.54, 1.807) is 59.5 Å². The number of para-hydroxylation sites is 2. The molecule has 3 aromatic rings. The smallest absolute Gasteiger partial charge is 0.261 e. The summed E-state index contributed by atoms with van der Waals surface area (Å²) in [4.78, 5) is 27.8. The monoisotopic (exact) mass is 449 g/mol. The topological polar surface area (TPSA) is 95.6 Å². The summed E-state index contributed by atoms with van der Waals surface area (Å²) in [5.41, 5.74) is 1.09. The van der Waals surface area contributed by atoms with Gasteiger partial charge in [0.2, 0.25) is 0 Å². The minimum atomic E-state index is -3.87. The maximum atomic E-state index is 13.1. The molecule has 0 saturated carbocycles. The maximum Gasteiger partial charge on any atom is 0.261 e. The summed E-state index contributed by atoms with van der Waals surface area (Å²) in [6.45, 7) is 1.40. The Morgan fingerprint density at radius 1 is 0.719 bits per heavy atom. The largest absolute Gasteiger partial charge is 0.339 e. The summed E-state index contributed by atoms with van der Waals surface area (Å²) < 4.78 is 28.0. The lowest BCUT2D eigenvalue weighted by Crippen LogP contribution is -2.29. The molecule has 1 aliphatic heterocycles. The van der Waals surface area contributed by atoms with Crippen molar-refractivity contribution >= 4 is 33.2 Å². The second-order valence-electron chi connectivity index (χ2n) is 7.46. The predicted molar refractivity (Wildman–Crippen MR) is 123 cm³/mol. The van der Waals surface area contributed by atoms with E-state index in [4.69, 9.17) is 0 Å². The number of carbonyl (C=O) groups is 2. The molecule has 0 aliphatic carbocycles. The molecule has 0 bridgehead atoms. The van der Waals surface area contributed by atoms with E-state index >= 15 is 0 Å². The molecule has 8 heteroatoms. The lowest BCUT2D eigenvalue weighted by Gasteiger charge is -2.18. The molecule has 0 atom stereocenters. The average molecular weight is 450 g/mol. The summed E-state index contributed by atoms with van der Waals surface area (Å²) in [7, 11) is -3.87. The third-order valence-corrected chi connectivity index (χ3v) is 6.65. The Morgan fingerprint density at radius 3 is 1.97 bits per heavy atom. The molecule has 0 radical (unpaired) electrons. The minimum absolute atomic E-state index is 0.0942. The second kappa shape index (κ2) is 9.23. The maximum absolute atomic E-state index is 13.1. The van der Waals surface area contributed by atoms with E-state index in [1.165, 1.54) is 24.3 Å². The highest BCUT2D eigenvalue weighted by molar-refractivity contribution is 7.92. The van der Waals surface area contributed by atoms with Gasteiger partial charge in [-0.3, -0.25) is 14.3 Å². The van der Waals surface area contributed by atoms with Crippen molar-refractivity contribution in [3.05, 3.63) is 90.0 Å². The highest BCUT2D eigenvalue weighted by atomic mass is 32.2. The Kier molecular flexibility index (Phi) is 6.23. The van der Waals surface area contributed by atoms with E-state index < -0.39 is 15.9 Å². The molecule has 1 heterocycles. The van der Waals surface area contributed by atoms with Crippen molar-refractivity contribution in [1.29, 1.82) is 0 Å². The molecule has 4 rings (SSSR count). The molecule has 0 unspecified atom stereocenters. The zero-order chi connectivity index (χ0) is 22.6. The van der Waals surface area contributed by atoms with Gasteiger partial charge in [-0.25, -0.2) is 8.42 Å². The van der Waals surface area contributed by atoms with Crippen LogP contribution < -0.4 is 10.0 Å². The van der Waals surface area contributed by atoms with Crippen molar-refractivity contribution in [2.75, 3.05) is 23.1 Å². The van der Waals surface area contributed by atoms with Crippen molar-refractivity contribution in [3.8, 4) is 0 Å². The predicted octanol–water partition coefficient (Wildman–Crippen LogP) is 3.98. The van der Waals surface area contributed by atoms with Crippen LogP contribution >= 0.6 is 0 Å². The molecule has 2 amide bonds. The fraction of sp³-hybridized carbons (Fsp3) is 0.167. The Bertz CT molecular complexity index is 1240. The van der Waals surface area contributed by atoms with Crippen LogP contribution in [0.15, 0.2) is 83.8 Å². The molecule has 1 aliphatic rings. The number of likely N-dealkylation sites (tertiary alicyclic amines) is 1. The summed E-state index contributed by atoms with van der Waals surface area (Å²) >= 11 is 0. The molecule has 2 N–H and O–H groups in total. The first-order valence-corrected chi connectivity index (χ1v) is 11.8. The van der Waals surface area contributed by atoms with Crippen LogP contribution in [0.1, 0.15) is 33.6 Å². The quantitative estimate of drug-likeness (QED) is 0.595. The van der Waals surface area contributed by atoms with E-state index in [2.05, 4.69) is 10.0 Å². The first kappa shape index (κ1) is 21.6. The summed E-state index contributed by atoms with van der Waals surface area (Å²) in [6, 6.07) is 21.1. The van der Waals surface area contributed by atoms with Gasteiger partial charge in [0.1, 0.15) is 0 Å². The normalized spacial score (nSPS) is 13.6. The van der Waals surface area contributed by atoms with Crippen molar-refractivity contribution in [1.82, 2.24) is 4.90 Å². The van der Waals surface area contributed by atoms with Crippen LogP contribution in [-0.4, -0.2) is 38.2 Å². The van der Waals surface area contributed by atoms with Gasteiger partial charge in [0.25, 0.3) is 21.8 Å². The molecule has 0 aromatic heterocycles. The van der Waals surface area contributed by atoms with E-state index in [0.29, 0.717) is 24.3 Å². The van der Waals surface area contributed by atoms with Crippen molar-refractivity contribution in [2.24, 2.45) is 0 Å². The van der Waals surface area contributed by atoms with Gasteiger partial charge in [-0.05, 0) is 49.2 Å². The van der Waals surface area contributed by atoms with Gasteiger partial charge in [0.05, 0.1) is 27.4 Å². The van der Waals surface area contributed by atoms with Crippen molar-refractivity contribution in [3.63, 3.8) is 0 Å². The zero-order valence-corrected chi connectivity index (χ0v) is 18.1. The number of anilines is 2. The first-order chi connectivity index (χ1) is 15.5. The Balaban J connectivity index is 1.59. The van der Waals surface area contributed by atoms with Gasteiger partial charge >= 0.3 is 0 Å². The summed E-state index contributed by atoms with van der Waals surface area (Å²) in [5, 5.41) is 2.78. The molecule has 32 heavy (non-hydrogen) atoms. The summed E-state index contributed by atoms with van der Waals surface area (Å²) in [5.74, 6) is -0.644. The number of rotatable bonds is 6. The third-order valence-electron chi connectivity index (χ3n) is 5.27. The van der Waals surface area contributed by atoms with Gasteiger partial charge in [-0.2, -0.15) is 0 Å². The molecule has 1 saturated heterocycles. The van der Waals surface area contributed by atoms with E-state index in [1.807, 2.05) is 0 Å². The lowest BCUT2D eigenvalue weighted by molar-refractivity contribution is 0.0794. The fourth-order valence-corrected chi connectivity index (χ4v) is 4.73. The number of amides is 2. The third kappa shape index (κ3) is 4.65. The number of nitrogens with zero attached hydrogens (tertiary/aromatic N) is 1. The van der Waals surface area contributed by atoms with Crippen LogP contribution in [0, 0.1) is 0 Å². The number of nitrogens with one attached hydrogen (secondary N) is 2. The highest BCUT2D eigenvalue weighted by Crippen LogP contribution is 2.24. The molecular weight excluding hydrogens is 426 g/mol.